The smallest absolute Gasteiger partial charge is 0.137 e. The van der Waals surface area contributed by atoms with Gasteiger partial charge in [-0.1, -0.05) is 35.5 Å². The number of fused-ring (bicyclic) bond motifs is 1. The number of H-pyrrole nitrogens is 1. The lowest BCUT2D eigenvalue weighted by Crippen LogP contribution is -1.99. The molecule has 144 valence electrons. The second kappa shape index (κ2) is 7.01. The minimum Gasteiger partial charge on any atom is -0.345 e. The maximum absolute atomic E-state index is 4.58. The summed E-state index contributed by atoms with van der Waals surface area (Å²) < 4.78 is 3.81. The molecule has 0 radical (unpaired) electrons. The molecule has 1 aromatic carbocycles. The van der Waals surface area contributed by atoms with E-state index in [2.05, 4.69) is 63.6 Å². The third kappa shape index (κ3) is 3.31. The van der Waals surface area contributed by atoms with Crippen molar-refractivity contribution in [3.63, 3.8) is 0 Å². The summed E-state index contributed by atoms with van der Waals surface area (Å²) in [6.45, 7) is 4.91. The topological polar surface area (TPSA) is 77.2 Å². The number of rotatable bonds is 5. The number of pyridine rings is 1. The van der Waals surface area contributed by atoms with Gasteiger partial charge in [0.15, 0.2) is 0 Å². The average Bonchev–Trinajstić information content (AvgIpc) is 3.47. The summed E-state index contributed by atoms with van der Waals surface area (Å²) in [5, 5.41) is 14.1. The van der Waals surface area contributed by atoms with Crippen LogP contribution in [-0.2, 0) is 6.54 Å². The highest BCUT2D eigenvalue weighted by Crippen LogP contribution is 2.30. The van der Waals surface area contributed by atoms with Gasteiger partial charge in [-0.05, 0) is 25.5 Å². The van der Waals surface area contributed by atoms with Crippen molar-refractivity contribution in [1.82, 2.24) is 34.7 Å². The summed E-state index contributed by atoms with van der Waals surface area (Å²) in [5.74, 6) is 0. The minimum absolute atomic E-state index is 0.322. The van der Waals surface area contributed by atoms with Crippen LogP contribution in [-0.4, -0.2) is 34.7 Å². The van der Waals surface area contributed by atoms with Crippen LogP contribution in [0.5, 0.6) is 0 Å². The maximum atomic E-state index is 4.58. The highest BCUT2D eigenvalue weighted by atomic mass is 15.4. The van der Waals surface area contributed by atoms with Crippen LogP contribution in [0.25, 0.3) is 33.4 Å². The largest absolute Gasteiger partial charge is 0.345 e. The zero-order valence-corrected chi connectivity index (χ0v) is 16.3. The minimum atomic E-state index is 0.322. The van der Waals surface area contributed by atoms with Gasteiger partial charge in [-0.15, -0.1) is 5.10 Å². The number of aromatic amines is 1. The number of nitrogens with zero attached hydrogens (tertiary/aromatic N) is 6. The molecule has 5 rings (SSSR count). The first-order valence-electron chi connectivity index (χ1n) is 9.63. The van der Waals surface area contributed by atoms with E-state index >= 15 is 0 Å². The van der Waals surface area contributed by atoms with E-state index < -0.39 is 0 Å². The standard InChI is InChI=1S/C22H21N7/c1-15(2)29-13-18(10-25-29)17-8-19-20(11-24-22(19)23-9-17)21-14-28(27-26-21)12-16-6-4-3-5-7-16/h3-11,13-15H,12H2,1-2H3,(H,23,24). The van der Waals surface area contributed by atoms with E-state index in [0.29, 0.717) is 12.6 Å². The summed E-state index contributed by atoms with van der Waals surface area (Å²) in [6, 6.07) is 12.7. The lowest BCUT2D eigenvalue weighted by Gasteiger charge is -2.03. The molecule has 4 aromatic heterocycles. The second-order valence-corrected chi connectivity index (χ2v) is 7.41. The Balaban J connectivity index is 1.49. The Bertz CT molecular complexity index is 1260. The van der Waals surface area contributed by atoms with E-state index in [-0.39, 0.29) is 0 Å². The molecule has 0 saturated heterocycles. The Kier molecular flexibility index (Phi) is 4.20. The van der Waals surface area contributed by atoms with Crippen molar-refractivity contribution in [3.8, 4) is 22.4 Å². The van der Waals surface area contributed by atoms with Crippen molar-refractivity contribution < 1.29 is 0 Å². The highest BCUT2D eigenvalue weighted by molar-refractivity contribution is 5.94. The molecular formula is C22H21N7. The summed E-state index contributed by atoms with van der Waals surface area (Å²) in [4.78, 5) is 7.82. The van der Waals surface area contributed by atoms with Crippen molar-refractivity contribution in [1.29, 1.82) is 0 Å². The Hall–Kier alpha value is -3.74. The highest BCUT2D eigenvalue weighted by Gasteiger charge is 2.13. The Morgan fingerprint density at radius 3 is 2.69 bits per heavy atom. The maximum Gasteiger partial charge on any atom is 0.137 e. The summed E-state index contributed by atoms with van der Waals surface area (Å²) in [6.07, 6.45) is 9.72. The second-order valence-electron chi connectivity index (χ2n) is 7.41. The van der Waals surface area contributed by atoms with Gasteiger partial charge in [0.25, 0.3) is 0 Å². The van der Waals surface area contributed by atoms with Gasteiger partial charge in [0.1, 0.15) is 11.3 Å². The Morgan fingerprint density at radius 1 is 1.03 bits per heavy atom. The zero-order valence-electron chi connectivity index (χ0n) is 16.3. The van der Waals surface area contributed by atoms with Crippen LogP contribution in [0, 0.1) is 0 Å². The molecule has 1 N–H and O–H groups in total. The van der Waals surface area contributed by atoms with Gasteiger partial charge in [0.2, 0.25) is 0 Å². The quantitative estimate of drug-likeness (QED) is 0.490. The van der Waals surface area contributed by atoms with Crippen molar-refractivity contribution in [2.75, 3.05) is 0 Å². The molecule has 7 nitrogen and oxygen atoms in total. The lowest BCUT2D eigenvalue weighted by atomic mass is 10.1. The van der Waals surface area contributed by atoms with Crippen LogP contribution >= 0.6 is 0 Å². The number of hydrogen-bond donors (Lipinski definition) is 1. The number of aromatic nitrogens is 7. The Labute approximate surface area is 168 Å². The molecule has 0 amide bonds. The summed E-state index contributed by atoms with van der Waals surface area (Å²) in [7, 11) is 0. The van der Waals surface area contributed by atoms with E-state index in [1.54, 1.807) is 0 Å². The van der Waals surface area contributed by atoms with Crippen molar-refractivity contribution in [2.24, 2.45) is 0 Å². The molecule has 0 spiro atoms. The molecule has 0 aliphatic carbocycles. The molecule has 4 heterocycles. The molecule has 0 unspecified atom stereocenters. The molecule has 0 atom stereocenters. The summed E-state index contributed by atoms with van der Waals surface area (Å²) >= 11 is 0. The monoisotopic (exact) mass is 383 g/mol. The third-order valence-electron chi connectivity index (χ3n) is 5.00. The van der Waals surface area contributed by atoms with E-state index in [1.165, 1.54) is 5.56 Å². The Morgan fingerprint density at radius 2 is 1.90 bits per heavy atom. The third-order valence-corrected chi connectivity index (χ3v) is 5.00. The van der Waals surface area contributed by atoms with Gasteiger partial charge in [0.05, 0.1) is 18.9 Å². The molecule has 5 aromatic rings. The lowest BCUT2D eigenvalue weighted by molar-refractivity contribution is 0.532. The molecule has 29 heavy (non-hydrogen) atoms. The van der Waals surface area contributed by atoms with Crippen molar-refractivity contribution >= 4 is 11.0 Å². The zero-order chi connectivity index (χ0) is 19.8. The molecule has 0 aliphatic rings. The first-order valence-corrected chi connectivity index (χ1v) is 9.63. The average molecular weight is 383 g/mol. The first kappa shape index (κ1) is 17.4. The van der Waals surface area contributed by atoms with E-state index in [0.717, 1.165) is 33.4 Å². The molecule has 7 heteroatoms. The van der Waals surface area contributed by atoms with Crippen LogP contribution in [0.4, 0.5) is 0 Å². The van der Waals surface area contributed by atoms with Gasteiger partial charge >= 0.3 is 0 Å². The van der Waals surface area contributed by atoms with Crippen molar-refractivity contribution in [3.05, 3.63) is 72.9 Å². The molecule has 0 saturated carbocycles. The van der Waals surface area contributed by atoms with Crippen LogP contribution < -0.4 is 0 Å². The van der Waals surface area contributed by atoms with Crippen LogP contribution in [0.3, 0.4) is 0 Å². The normalized spacial score (nSPS) is 11.6. The number of benzene rings is 1. The van der Waals surface area contributed by atoms with Crippen LogP contribution in [0.15, 0.2) is 67.4 Å². The fourth-order valence-electron chi connectivity index (χ4n) is 3.41. The number of nitrogens with one attached hydrogen (secondary N) is 1. The van der Waals surface area contributed by atoms with Crippen molar-refractivity contribution in [2.45, 2.75) is 26.4 Å². The molecule has 0 fully saturated rings. The van der Waals surface area contributed by atoms with E-state index in [4.69, 9.17) is 0 Å². The van der Waals surface area contributed by atoms with Gasteiger partial charge in [0, 0.05) is 46.7 Å². The van der Waals surface area contributed by atoms with E-state index in [9.17, 15) is 0 Å². The number of hydrogen-bond acceptors (Lipinski definition) is 4. The fraction of sp³-hybridized carbons (Fsp3) is 0.182. The van der Waals surface area contributed by atoms with Crippen LogP contribution in [0.1, 0.15) is 25.5 Å². The van der Waals surface area contributed by atoms with Crippen LogP contribution in [0.2, 0.25) is 0 Å². The molecule has 0 bridgehead atoms. The predicted octanol–water partition coefficient (Wildman–Crippen LogP) is 4.31. The summed E-state index contributed by atoms with van der Waals surface area (Å²) in [5.41, 5.74) is 5.91. The van der Waals surface area contributed by atoms with E-state index in [1.807, 2.05) is 52.4 Å². The predicted molar refractivity (Wildman–Crippen MR) is 112 cm³/mol. The first-order chi connectivity index (χ1) is 14.2. The van der Waals surface area contributed by atoms with Gasteiger partial charge < -0.3 is 4.98 Å². The molecular weight excluding hydrogens is 362 g/mol. The van der Waals surface area contributed by atoms with Gasteiger partial charge in [-0.3, -0.25) is 4.68 Å². The molecule has 0 aliphatic heterocycles. The SMILES string of the molecule is CC(C)n1cc(-c2cnc3[nH]cc(-c4cn(Cc5ccccc5)nn4)c3c2)cn1. The fourth-order valence-corrected chi connectivity index (χ4v) is 3.41. The van der Waals surface area contributed by atoms with Gasteiger partial charge in [-0.25, -0.2) is 9.67 Å². The van der Waals surface area contributed by atoms with Gasteiger partial charge in [-0.2, -0.15) is 5.10 Å².